The van der Waals surface area contributed by atoms with Gasteiger partial charge in [0.1, 0.15) is 0 Å². The summed E-state index contributed by atoms with van der Waals surface area (Å²) >= 11 is 0. The second kappa shape index (κ2) is 7.41. The summed E-state index contributed by atoms with van der Waals surface area (Å²) in [6.45, 7) is 2.04. The summed E-state index contributed by atoms with van der Waals surface area (Å²) in [5, 5.41) is 12.8. The second-order valence-electron chi connectivity index (χ2n) is 5.68. The van der Waals surface area contributed by atoms with Crippen LogP contribution in [-0.4, -0.2) is 24.2 Å². The van der Waals surface area contributed by atoms with E-state index in [0.717, 1.165) is 25.1 Å². The predicted octanol–water partition coefficient (Wildman–Crippen LogP) is 1.67. The quantitative estimate of drug-likeness (QED) is 0.740. The molecule has 20 heavy (non-hydrogen) atoms. The molecule has 2 rings (SSSR count). The van der Waals surface area contributed by atoms with Crippen LogP contribution >= 0.6 is 0 Å². The van der Waals surface area contributed by atoms with E-state index in [9.17, 15) is 9.90 Å². The molecular formula is C16H24N2O2. The Morgan fingerprint density at radius 1 is 1.20 bits per heavy atom. The number of rotatable bonds is 6. The molecule has 0 aliphatic heterocycles. The van der Waals surface area contributed by atoms with Crippen LogP contribution in [-0.2, 0) is 6.54 Å². The standard InChI is InChI=1S/C16H24N2O2/c17-16(20)13-7-5-12(6-8-13)9-18-10-14-3-1-2-4-15(14)11-19/h5-8,14-15,18-19H,1-4,9-11H2,(H2,17,20). The highest BCUT2D eigenvalue weighted by atomic mass is 16.3. The van der Waals surface area contributed by atoms with Gasteiger partial charge < -0.3 is 16.2 Å². The maximum Gasteiger partial charge on any atom is 0.248 e. The molecule has 4 N–H and O–H groups in total. The number of nitrogens with one attached hydrogen (secondary N) is 1. The summed E-state index contributed by atoms with van der Waals surface area (Å²) in [6, 6.07) is 7.38. The molecule has 0 aromatic heterocycles. The van der Waals surface area contributed by atoms with E-state index in [2.05, 4.69) is 5.32 Å². The zero-order valence-corrected chi connectivity index (χ0v) is 11.8. The Kier molecular flexibility index (Phi) is 5.56. The average Bonchev–Trinajstić information content (AvgIpc) is 2.48. The molecule has 1 fully saturated rings. The fraction of sp³-hybridized carbons (Fsp3) is 0.562. The topological polar surface area (TPSA) is 75.4 Å². The normalized spacial score (nSPS) is 22.6. The van der Waals surface area contributed by atoms with Gasteiger partial charge in [-0.2, -0.15) is 0 Å². The van der Waals surface area contributed by atoms with Gasteiger partial charge in [-0.1, -0.05) is 25.0 Å². The van der Waals surface area contributed by atoms with Crippen LogP contribution in [0.1, 0.15) is 41.6 Å². The third-order valence-electron chi connectivity index (χ3n) is 4.28. The molecule has 1 amide bonds. The number of hydrogen-bond acceptors (Lipinski definition) is 3. The molecule has 0 heterocycles. The van der Waals surface area contributed by atoms with E-state index in [1.165, 1.54) is 19.3 Å². The third kappa shape index (κ3) is 4.05. The lowest BCUT2D eigenvalue weighted by Crippen LogP contribution is -2.32. The van der Waals surface area contributed by atoms with Gasteiger partial charge in [-0.15, -0.1) is 0 Å². The van der Waals surface area contributed by atoms with Gasteiger partial charge in [0.2, 0.25) is 5.91 Å². The molecule has 4 heteroatoms. The van der Waals surface area contributed by atoms with Crippen LogP contribution in [0.25, 0.3) is 0 Å². The second-order valence-corrected chi connectivity index (χ2v) is 5.68. The van der Waals surface area contributed by atoms with Gasteiger partial charge >= 0.3 is 0 Å². The number of hydrogen-bond donors (Lipinski definition) is 3. The van der Waals surface area contributed by atoms with E-state index in [1.54, 1.807) is 12.1 Å². The van der Waals surface area contributed by atoms with E-state index in [-0.39, 0.29) is 0 Å². The molecule has 0 bridgehead atoms. The predicted molar refractivity (Wildman–Crippen MR) is 79.2 cm³/mol. The highest BCUT2D eigenvalue weighted by Crippen LogP contribution is 2.29. The Hall–Kier alpha value is -1.39. The molecule has 2 unspecified atom stereocenters. The minimum Gasteiger partial charge on any atom is -0.396 e. The first-order valence-electron chi connectivity index (χ1n) is 7.41. The maximum absolute atomic E-state index is 11.0. The molecular weight excluding hydrogens is 252 g/mol. The van der Waals surface area contributed by atoms with Crippen LogP contribution in [0.5, 0.6) is 0 Å². The maximum atomic E-state index is 11.0. The summed E-state index contributed by atoms with van der Waals surface area (Å²) in [6.07, 6.45) is 4.88. The van der Waals surface area contributed by atoms with Gasteiger partial charge in [0.05, 0.1) is 0 Å². The van der Waals surface area contributed by atoms with Crippen molar-refractivity contribution in [2.24, 2.45) is 17.6 Å². The smallest absolute Gasteiger partial charge is 0.248 e. The third-order valence-corrected chi connectivity index (χ3v) is 4.28. The van der Waals surface area contributed by atoms with Crippen molar-refractivity contribution in [1.82, 2.24) is 5.32 Å². The van der Waals surface area contributed by atoms with Crippen molar-refractivity contribution in [3.63, 3.8) is 0 Å². The largest absolute Gasteiger partial charge is 0.396 e. The summed E-state index contributed by atoms with van der Waals surface area (Å²) < 4.78 is 0. The van der Waals surface area contributed by atoms with Crippen LogP contribution in [0.15, 0.2) is 24.3 Å². The van der Waals surface area contributed by atoms with E-state index < -0.39 is 5.91 Å². The highest BCUT2D eigenvalue weighted by Gasteiger charge is 2.23. The van der Waals surface area contributed by atoms with Crippen LogP contribution in [0.2, 0.25) is 0 Å². The Labute approximate surface area is 120 Å². The number of benzene rings is 1. The minimum atomic E-state index is -0.391. The monoisotopic (exact) mass is 276 g/mol. The van der Waals surface area contributed by atoms with Crippen molar-refractivity contribution >= 4 is 5.91 Å². The van der Waals surface area contributed by atoms with Crippen molar-refractivity contribution in [2.75, 3.05) is 13.2 Å². The molecule has 0 radical (unpaired) electrons. The van der Waals surface area contributed by atoms with Gasteiger partial charge in [0, 0.05) is 18.7 Å². The van der Waals surface area contributed by atoms with Gasteiger partial charge in [-0.3, -0.25) is 4.79 Å². The van der Waals surface area contributed by atoms with Crippen molar-refractivity contribution < 1.29 is 9.90 Å². The van der Waals surface area contributed by atoms with Crippen molar-refractivity contribution in [2.45, 2.75) is 32.2 Å². The molecule has 1 aromatic carbocycles. The van der Waals surface area contributed by atoms with Crippen LogP contribution in [0.3, 0.4) is 0 Å². The molecule has 4 nitrogen and oxygen atoms in total. The molecule has 0 saturated heterocycles. The van der Waals surface area contributed by atoms with Crippen molar-refractivity contribution in [3.8, 4) is 0 Å². The number of aliphatic hydroxyl groups excluding tert-OH is 1. The summed E-state index contributed by atoms with van der Waals surface area (Å²) in [5.74, 6) is 0.643. The van der Waals surface area contributed by atoms with Crippen molar-refractivity contribution in [3.05, 3.63) is 35.4 Å². The van der Waals surface area contributed by atoms with Gasteiger partial charge in [0.25, 0.3) is 0 Å². The molecule has 1 saturated carbocycles. The Morgan fingerprint density at radius 2 is 1.85 bits per heavy atom. The number of carbonyl (C=O) groups excluding carboxylic acids is 1. The molecule has 1 aromatic rings. The lowest BCUT2D eigenvalue weighted by molar-refractivity contribution is 0.100. The first-order valence-corrected chi connectivity index (χ1v) is 7.41. The molecule has 0 spiro atoms. The lowest BCUT2D eigenvalue weighted by Gasteiger charge is -2.30. The highest BCUT2D eigenvalue weighted by molar-refractivity contribution is 5.92. The number of aliphatic hydroxyl groups is 1. The first kappa shape index (κ1) is 15.0. The Balaban J connectivity index is 1.78. The summed E-state index contributed by atoms with van der Waals surface area (Å²) in [4.78, 5) is 11.0. The Morgan fingerprint density at radius 3 is 2.45 bits per heavy atom. The SMILES string of the molecule is NC(=O)c1ccc(CNCC2CCCCC2CO)cc1. The minimum absolute atomic E-state index is 0.305. The fourth-order valence-electron chi connectivity index (χ4n) is 2.98. The Bertz CT molecular complexity index is 431. The number of nitrogens with two attached hydrogens (primary N) is 1. The zero-order valence-electron chi connectivity index (χ0n) is 11.8. The van der Waals surface area contributed by atoms with E-state index in [1.807, 2.05) is 12.1 Å². The fourth-order valence-corrected chi connectivity index (χ4v) is 2.98. The van der Waals surface area contributed by atoms with E-state index in [0.29, 0.717) is 24.0 Å². The molecule has 2 atom stereocenters. The van der Waals surface area contributed by atoms with Crippen LogP contribution in [0.4, 0.5) is 0 Å². The molecule has 110 valence electrons. The van der Waals surface area contributed by atoms with E-state index >= 15 is 0 Å². The first-order chi connectivity index (χ1) is 9.70. The van der Waals surface area contributed by atoms with Gasteiger partial charge in [-0.25, -0.2) is 0 Å². The van der Waals surface area contributed by atoms with Crippen LogP contribution in [0, 0.1) is 11.8 Å². The van der Waals surface area contributed by atoms with Crippen LogP contribution < -0.4 is 11.1 Å². The van der Waals surface area contributed by atoms with Crippen molar-refractivity contribution in [1.29, 1.82) is 0 Å². The number of primary amides is 1. The zero-order chi connectivity index (χ0) is 14.4. The molecule has 1 aliphatic carbocycles. The average molecular weight is 276 g/mol. The summed E-state index contributed by atoms with van der Waals surface area (Å²) in [5.41, 5.74) is 6.90. The lowest BCUT2D eigenvalue weighted by atomic mass is 9.79. The number of carbonyl (C=O) groups is 1. The summed E-state index contributed by atoms with van der Waals surface area (Å²) in [7, 11) is 0. The number of amides is 1. The van der Waals surface area contributed by atoms with Gasteiger partial charge in [0.15, 0.2) is 0 Å². The van der Waals surface area contributed by atoms with Gasteiger partial charge in [-0.05, 0) is 48.9 Å². The molecule has 1 aliphatic rings. The van der Waals surface area contributed by atoms with E-state index in [4.69, 9.17) is 5.73 Å².